The fraction of sp³-hybridized carbons (Fsp3) is 0.208. The number of allylic oxidation sites excluding steroid dienone is 1. The van der Waals surface area contributed by atoms with Crippen molar-refractivity contribution in [3.63, 3.8) is 0 Å². The van der Waals surface area contributed by atoms with Crippen LogP contribution in [0.15, 0.2) is 53.9 Å². The summed E-state index contributed by atoms with van der Waals surface area (Å²) in [5.41, 5.74) is 15.7. The molecule has 168 valence electrons. The van der Waals surface area contributed by atoms with E-state index in [4.69, 9.17) is 25.7 Å². The number of methoxy groups -OCH3 is 1. The summed E-state index contributed by atoms with van der Waals surface area (Å²) in [6.07, 6.45) is 0. The standard InChI is InChI=1S/C24H23N5O4/c1-13-4-7-16(8-5-13)29-24-21(14(2)28-29)22(17(11-25)23(27)33-24)15-6-9-18(19(10-15)31-3)32-12-20(26)30/h4-10,22H,12,27H2,1-3H3,(H2,26,30)/t22-/m1/s1. The zero-order valence-electron chi connectivity index (χ0n) is 18.5. The van der Waals surface area contributed by atoms with Gasteiger partial charge in [-0.2, -0.15) is 10.4 Å². The topological polar surface area (TPSA) is 138 Å². The number of aryl methyl sites for hydroxylation is 2. The van der Waals surface area contributed by atoms with Gasteiger partial charge in [-0.1, -0.05) is 23.8 Å². The molecule has 33 heavy (non-hydrogen) atoms. The number of ether oxygens (including phenoxy) is 3. The summed E-state index contributed by atoms with van der Waals surface area (Å²) in [6, 6.07) is 15.2. The fourth-order valence-electron chi connectivity index (χ4n) is 3.84. The molecule has 2 heterocycles. The first-order chi connectivity index (χ1) is 15.8. The molecule has 0 radical (unpaired) electrons. The van der Waals surface area contributed by atoms with E-state index >= 15 is 0 Å². The third-order valence-corrected chi connectivity index (χ3v) is 5.40. The number of amides is 1. The van der Waals surface area contributed by atoms with E-state index in [2.05, 4.69) is 11.2 Å². The van der Waals surface area contributed by atoms with Gasteiger partial charge in [0.25, 0.3) is 5.91 Å². The average Bonchev–Trinajstić information content (AvgIpc) is 3.12. The predicted molar refractivity (Wildman–Crippen MR) is 120 cm³/mol. The maximum atomic E-state index is 11.1. The molecule has 4 rings (SSSR count). The second-order valence-electron chi connectivity index (χ2n) is 7.64. The van der Waals surface area contributed by atoms with Gasteiger partial charge in [-0.05, 0) is 43.7 Å². The highest BCUT2D eigenvalue weighted by molar-refractivity contribution is 5.75. The molecule has 0 aliphatic carbocycles. The number of fused-ring (bicyclic) bond motifs is 1. The zero-order chi connectivity index (χ0) is 23.7. The molecule has 0 spiro atoms. The van der Waals surface area contributed by atoms with Gasteiger partial charge in [-0.15, -0.1) is 0 Å². The molecule has 0 saturated carbocycles. The third kappa shape index (κ3) is 3.94. The van der Waals surface area contributed by atoms with Crippen molar-refractivity contribution in [3.05, 3.63) is 76.3 Å². The van der Waals surface area contributed by atoms with E-state index in [1.165, 1.54) is 7.11 Å². The van der Waals surface area contributed by atoms with E-state index in [0.717, 1.165) is 22.4 Å². The van der Waals surface area contributed by atoms with Crippen molar-refractivity contribution in [1.82, 2.24) is 9.78 Å². The van der Waals surface area contributed by atoms with Crippen LogP contribution in [0.2, 0.25) is 0 Å². The molecule has 3 aromatic rings. The number of benzene rings is 2. The van der Waals surface area contributed by atoms with Crippen molar-refractivity contribution in [2.45, 2.75) is 19.8 Å². The second kappa shape index (κ2) is 8.59. The molecule has 4 N–H and O–H groups in total. The Morgan fingerprint density at radius 1 is 1.21 bits per heavy atom. The van der Waals surface area contributed by atoms with Crippen molar-refractivity contribution in [2.75, 3.05) is 13.7 Å². The Hall–Kier alpha value is -4.45. The van der Waals surface area contributed by atoms with Crippen LogP contribution in [0, 0.1) is 25.2 Å². The maximum Gasteiger partial charge on any atom is 0.255 e. The first-order valence-corrected chi connectivity index (χ1v) is 10.2. The largest absolute Gasteiger partial charge is 0.493 e. The lowest BCUT2D eigenvalue weighted by molar-refractivity contribution is -0.119. The van der Waals surface area contributed by atoms with Gasteiger partial charge >= 0.3 is 0 Å². The van der Waals surface area contributed by atoms with Crippen LogP contribution in [0.25, 0.3) is 5.69 Å². The van der Waals surface area contributed by atoms with E-state index in [-0.39, 0.29) is 18.1 Å². The summed E-state index contributed by atoms with van der Waals surface area (Å²) < 4.78 is 18.5. The Morgan fingerprint density at radius 3 is 2.58 bits per heavy atom. The Labute approximate surface area is 190 Å². The summed E-state index contributed by atoms with van der Waals surface area (Å²) >= 11 is 0. The molecule has 2 aromatic carbocycles. The molecule has 0 saturated heterocycles. The quantitative estimate of drug-likeness (QED) is 0.594. The highest BCUT2D eigenvalue weighted by atomic mass is 16.5. The lowest BCUT2D eigenvalue weighted by Crippen LogP contribution is -2.22. The summed E-state index contributed by atoms with van der Waals surface area (Å²) in [5, 5.41) is 14.6. The maximum absolute atomic E-state index is 11.1. The zero-order valence-corrected chi connectivity index (χ0v) is 18.5. The minimum atomic E-state index is -0.600. The SMILES string of the molecule is COc1cc([C@@H]2C(C#N)=C(N)Oc3c2c(C)nn3-c2ccc(C)cc2)ccc1OCC(N)=O. The van der Waals surface area contributed by atoms with Crippen LogP contribution in [0.5, 0.6) is 17.4 Å². The summed E-state index contributed by atoms with van der Waals surface area (Å²) in [5.74, 6) is 0.0760. The van der Waals surface area contributed by atoms with Crippen molar-refractivity contribution in [1.29, 1.82) is 5.26 Å². The van der Waals surface area contributed by atoms with Crippen LogP contribution in [-0.4, -0.2) is 29.4 Å². The Bertz CT molecular complexity index is 1300. The summed E-state index contributed by atoms with van der Waals surface area (Å²) in [6.45, 7) is 3.58. The van der Waals surface area contributed by atoms with Crippen LogP contribution in [0.3, 0.4) is 0 Å². The molecular weight excluding hydrogens is 422 g/mol. The second-order valence-corrected chi connectivity index (χ2v) is 7.64. The van der Waals surface area contributed by atoms with Gasteiger partial charge in [-0.25, -0.2) is 4.68 Å². The van der Waals surface area contributed by atoms with Gasteiger partial charge < -0.3 is 25.7 Å². The van der Waals surface area contributed by atoms with Gasteiger partial charge in [-0.3, -0.25) is 4.79 Å². The molecule has 1 amide bonds. The first-order valence-electron chi connectivity index (χ1n) is 10.2. The lowest BCUT2D eigenvalue weighted by Gasteiger charge is -2.25. The number of carbonyl (C=O) groups is 1. The van der Waals surface area contributed by atoms with Crippen LogP contribution in [0.1, 0.15) is 28.3 Å². The number of carbonyl (C=O) groups excluding carboxylic acids is 1. The van der Waals surface area contributed by atoms with Gasteiger partial charge in [0, 0.05) is 0 Å². The molecule has 0 fully saturated rings. The van der Waals surface area contributed by atoms with E-state index in [1.807, 2.05) is 38.1 Å². The van der Waals surface area contributed by atoms with Crippen molar-refractivity contribution in [2.24, 2.45) is 11.5 Å². The Morgan fingerprint density at radius 2 is 1.94 bits per heavy atom. The molecule has 1 aromatic heterocycles. The van der Waals surface area contributed by atoms with E-state index in [9.17, 15) is 10.1 Å². The molecule has 0 unspecified atom stereocenters. The average molecular weight is 445 g/mol. The molecule has 9 nitrogen and oxygen atoms in total. The number of hydrogen-bond acceptors (Lipinski definition) is 7. The van der Waals surface area contributed by atoms with Gasteiger partial charge in [0.1, 0.15) is 11.6 Å². The minimum Gasteiger partial charge on any atom is -0.493 e. The molecule has 1 aliphatic rings. The highest BCUT2D eigenvalue weighted by Crippen LogP contribution is 2.46. The molecule has 1 atom stereocenters. The van der Waals surface area contributed by atoms with Crippen LogP contribution >= 0.6 is 0 Å². The molecule has 1 aliphatic heterocycles. The lowest BCUT2D eigenvalue weighted by atomic mass is 9.84. The van der Waals surface area contributed by atoms with Crippen LogP contribution in [-0.2, 0) is 4.79 Å². The van der Waals surface area contributed by atoms with Crippen molar-refractivity contribution >= 4 is 5.91 Å². The number of aromatic nitrogens is 2. The van der Waals surface area contributed by atoms with E-state index in [0.29, 0.717) is 23.1 Å². The summed E-state index contributed by atoms with van der Waals surface area (Å²) in [7, 11) is 1.49. The van der Waals surface area contributed by atoms with Crippen LogP contribution < -0.4 is 25.7 Å². The highest BCUT2D eigenvalue weighted by Gasteiger charge is 2.36. The third-order valence-electron chi connectivity index (χ3n) is 5.40. The van der Waals surface area contributed by atoms with Gasteiger partial charge in [0.05, 0.1) is 30.0 Å². The smallest absolute Gasteiger partial charge is 0.255 e. The van der Waals surface area contributed by atoms with E-state index < -0.39 is 11.8 Å². The normalized spacial score (nSPS) is 14.8. The Balaban J connectivity index is 1.85. The van der Waals surface area contributed by atoms with Gasteiger partial charge in [0.15, 0.2) is 18.1 Å². The molecule has 9 heteroatoms. The van der Waals surface area contributed by atoms with Crippen molar-refractivity contribution < 1.29 is 19.0 Å². The summed E-state index contributed by atoms with van der Waals surface area (Å²) in [4.78, 5) is 11.1. The van der Waals surface area contributed by atoms with Gasteiger partial charge in [0.2, 0.25) is 11.8 Å². The van der Waals surface area contributed by atoms with Crippen LogP contribution in [0.4, 0.5) is 0 Å². The molecular formula is C24H23N5O4. The monoisotopic (exact) mass is 445 g/mol. The number of rotatable bonds is 6. The number of nitriles is 1. The number of primary amides is 1. The Kier molecular flexibility index (Phi) is 5.67. The minimum absolute atomic E-state index is 0.0104. The molecule has 0 bridgehead atoms. The van der Waals surface area contributed by atoms with E-state index in [1.54, 1.807) is 22.9 Å². The number of nitrogens with two attached hydrogens (primary N) is 2. The first kappa shape index (κ1) is 21.8. The number of nitrogens with zero attached hydrogens (tertiary/aromatic N) is 3. The van der Waals surface area contributed by atoms with Crippen molar-refractivity contribution in [3.8, 4) is 29.1 Å². The fourth-order valence-corrected chi connectivity index (χ4v) is 3.84. The predicted octanol–water partition coefficient (Wildman–Crippen LogP) is 2.58. The number of hydrogen-bond donors (Lipinski definition) is 2.